The molecule has 5 heteroatoms. The molecular formula is C15H18F2N2S. The number of hydrogen-bond donors (Lipinski definition) is 1. The summed E-state index contributed by atoms with van der Waals surface area (Å²) in [6, 6.07) is 3.59. The van der Waals surface area contributed by atoms with Gasteiger partial charge in [0.15, 0.2) is 0 Å². The van der Waals surface area contributed by atoms with Crippen LogP contribution in [0.3, 0.4) is 0 Å². The summed E-state index contributed by atoms with van der Waals surface area (Å²) < 4.78 is 26.7. The number of hydrogen-bond acceptors (Lipinski definition) is 3. The molecule has 0 aliphatic carbocycles. The predicted molar refractivity (Wildman–Crippen MR) is 78.7 cm³/mol. The Balaban J connectivity index is 2.18. The van der Waals surface area contributed by atoms with Crippen molar-refractivity contribution in [1.29, 1.82) is 0 Å². The van der Waals surface area contributed by atoms with Crippen molar-refractivity contribution >= 4 is 11.3 Å². The molecule has 0 amide bonds. The number of aromatic nitrogens is 1. The van der Waals surface area contributed by atoms with Crippen LogP contribution in [0.25, 0.3) is 10.6 Å². The van der Waals surface area contributed by atoms with Crippen molar-refractivity contribution in [2.75, 3.05) is 6.54 Å². The van der Waals surface area contributed by atoms with Gasteiger partial charge in [0.05, 0.1) is 5.69 Å². The average Bonchev–Trinajstić information content (AvgIpc) is 2.70. The lowest BCUT2D eigenvalue weighted by Crippen LogP contribution is -2.18. The van der Waals surface area contributed by atoms with Crippen LogP contribution >= 0.6 is 11.3 Å². The van der Waals surface area contributed by atoms with E-state index in [1.807, 2.05) is 6.92 Å². The Bertz CT molecular complexity index is 594. The van der Waals surface area contributed by atoms with Gasteiger partial charge in [0.1, 0.15) is 16.6 Å². The smallest absolute Gasteiger partial charge is 0.136 e. The molecule has 0 spiro atoms. The molecule has 0 aliphatic heterocycles. The molecule has 0 unspecified atom stereocenters. The Morgan fingerprint density at radius 1 is 1.30 bits per heavy atom. The molecule has 1 aromatic carbocycles. The third-order valence-electron chi connectivity index (χ3n) is 2.89. The van der Waals surface area contributed by atoms with Gasteiger partial charge in [0.2, 0.25) is 0 Å². The summed E-state index contributed by atoms with van der Waals surface area (Å²) in [4.78, 5) is 5.47. The van der Waals surface area contributed by atoms with E-state index >= 15 is 0 Å². The number of nitrogens with zero attached hydrogens (tertiary/aromatic N) is 1. The highest BCUT2D eigenvalue weighted by Crippen LogP contribution is 2.30. The van der Waals surface area contributed by atoms with Crippen LogP contribution in [0.5, 0.6) is 0 Å². The second-order valence-electron chi connectivity index (χ2n) is 5.18. The van der Waals surface area contributed by atoms with E-state index in [-0.39, 0.29) is 0 Å². The predicted octanol–water partition coefficient (Wildman–Crippen LogP) is 4.14. The topological polar surface area (TPSA) is 24.9 Å². The molecule has 1 aromatic heterocycles. The standard InChI is InChI=1S/C15H18F2N2S/c1-9(2)7-18-8-14-10(3)19-15(20-14)12-5-4-11(16)6-13(12)17/h4-6,9,18H,7-8H2,1-3H3. The highest BCUT2D eigenvalue weighted by atomic mass is 32.1. The molecule has 2 rings (SSSR count). The van der Waals surface area contributed by atoms with E-state index in [0.29, 0.717) is 16.5 Å². The fraction of sp³-hybridized carbons (Fsp3) is 0.400. The van der Waals surface area contributed by atoms with E-state index in [0.717, 1.165) is 29.7 Å². The Kier molecular flexibility index (Phi) is 4.83. The summed E-state index contributed by atoms with van der Waals surface area (Å²) in [6.07, 6.45) is 0. The summed E-state index contributed by atoms with van der Waals surface area (Å²) >= 11 is 1.45. The molecule has 0 saturated carbocycles. The number of thiazole rings is 1. The van der Waals surface area contributed by atoms with Crippen LogP contribution in [-0.2, 0) is 6.54 Å². The zero-order valence-electron chi connectivity index (χ0n) is 11.8. The number of rotatable bonds is 5. The SMILES string of the molecule is Cc1nc(-c2ccc(F)cc2F)sc1CNCC(C)C. The average molecular weight is 296 g/mol. The second kappa shape index (κ2) is 6.41. The van der Waals surface area contributed by atoms with Crippen molar-refractivity contribution in [3.05, 3.63) is 40.4 Å². The maximum absolute atomic E-state index is 13.7. The third-order valence-corrected chi connectivity index (χ3v) is 4.08. The highest BCUT2D eigenvalue weighted by molar-refractivity contribution is 7.15. The molecule has 2 nitrogen and oxygen atoms in total. The Hall–Kier alpha value is -1.33. The van der Waals surface area contributed by atoms with E-state index in [9.17, 15) is 8.78 Å². The van der Waals surface area contributed by atoms with Crippen LogP contribution in [0.4, 0.5) is 8.78 Å². The molecule has 0 atom stereocenters. The Morgan fingerprint density at radius 3 is 2.70 bits per heavy atom. The van der Waals surface area contributed by atoms with Gasteiger partial charge in [-0.3, -0.25) is 0 Å². The quantitative estimate of drug-likeness (QED) is 0.897. The van der Waals surface area contributed by atoms with E-state index in [4.69, 9.17) is 0 Å². The lowest BCUT2D eigenvalue weighted by atomic mass is 10.2. The fourth-order valence-corrected chi connectivity index (χ4v) is 2.90. The van der Waals surface area contributed by atoms with Gasteiger partial charge in [0.25, 0.3) is 0 Å². The minimum Gasteiger partial charge on any atom is -0.312 e. The van der Waals surface area contributed by atoms with Gasteiger partial charge in [-0.1, -0.05) is 13.8 Å². The molecule has 0 fully saturated rings. The van der Waals surface area contributed by atoms with E-state index in [1.54, 1.807) is 0 Å². The van der Waals surface area contributed by atoms with Crippen molar-refractivity contribution in [2.24, 2.45) is 5.92 Å². The normalized spacial score (nSPS) is 11.3. The maximum atomic E-state index is 13.7. The Morgan fingerprint density at radius 2 is 2.05 bits per heavy atom. The zero-order valence-corrected chi connectivity index (χ0v) is 12.7. The van der Waals surface area contributed by atoms with Crippen LogP contribution < -0.4 is 5.32 Å². The molecule has 108 valence electrons. The summed E-state index contributed by atoms with van der Waals surface area (Å²) in [7, 11) is 0. The van der Waals surface area contributed by atoms with Gasteiger partial charge < -0.3 is 5.32 Å². The van der Waals surface area contributed by atoms with Gasteiger partial charge >= 0.3 is 0 Å². The fourth-order valence-electron chi connectivity index (χ4n) is 1.84. The zero-order chi connectivity index (χ0) is 14.7. The van der Waals surface area contributed by atoms with E-state index in [2.05, 4.69) is 24.1 Å². The van der Waals surface area contributed by atoms with Crippen molar-refractivity contribution in [3.63, 3.8) is 0 Å². The molecule has 0 bridgehead atoms. The minimum atomic E-state index is -0.571. The van der Waals surface area contributed by atoms with Gasteiger partial charge in [-0.2, -0.15) is 0 Å². The number of aryl methyl sites for hydroxylation is 1. The lowest BCUT2D eigenvalue weighted by Gasteiger charge is -2.05. The lowest BCUT2D eigenvalue weighted by molar-refractivity contribution is 0.554. The molecular weight excluding hydrogens is 278 g/mol. The van der Waals surface area contributed by atoms with Crippen LogP contribution in [0.15, 0.2) is 18.2 Å². The molecule has 1 heterocycles. The van der Waals surface area contributed by atoms with Crippen molar-refractivity contribution < 1.29 is 8.78 Å². The highest BCUT2D eigenvalue weighted by Gasteiger charge is 2.13. The summed E-state index contributed by atoms with van der Waals surface area (Å²) in [6.45, 7) is 7.85. The van der Waals surface area contributed by atoms with Crippen molar-refractivity contribution in [1.82, 2.24) is 10.3 Å². The number of benzene rings is 1. The first kappa shape index (κ1) is 15.1. The van der Waals surface area contributed by atoms with Crippen LogP contribution in [0, 0.1) is 24.5 Å². The molecule has 0 radical (unpaired) electrons. The Labute approximate surface area is 121 Å². The van der Waals surface area contributed by atoms with Crippen LogP contribution in [0.1, 0.15) is 24.4 Å². The molecule has 1 N–H and O–H groups in total. The van der Waals surface area contributed by atoms with Gasteiger partial charge in [-0.05, 0) is 31.5 Å². The van der Waals surface area contributed by atoms with Gasteiger partial charge in [0, 0.05) is 23.1 Å². The molecule has 20 heavy (non-hydrogen) atoms. The van der Waals surface area contributed by atoms with E-state index in [1.165, 1.54) is 23.5 Å². The summed E-state index contributed by atoms with van der Waals surface area (Å²) in [5, 5.41) is 3.95. The van der Waals surface area contributed by atoms with Crippen LogP contribution in [-0.4, -0.2) is 11.5 Å². The molecule has 0 aliphatic rings. The van der Waals surface area contributed by atoms with Crippen LogP contribution in [0.2, 0.25) is 0 Å². The first-order chi connectivity index (χ1) is 9.47. The molecule has 2 aromatic rings. The second-order valence-corrected chi connectivity index (χ2v) is 6.26. The number of nitrogens with one attached hydrogen (secondary N) is 1. The van der Waals surface area contributed by atoms with Crippen molar-refractivity contribution in [2.45, 2.75) is 27.3 Å². The first-order valence-electron chi connectivity index (χ1n) is 6.60. The molecule has 0 saturated heterocycles. The summed E-state index contributed by atoms with van der Waals surface area (Å²) in [5.41, 5.74) is 1.25. The van der Waals surface area contributed by atoms with Gasteiger partial charge in [-0.15, -0.1) is 11.3 Å². The first-order valence-corrected chi connectivity index (χ1v) is 7.41. The number of halogens is 2. The largest absolute Gasteiger partial charge is 0.312 e. The monoisotopic (exact) mass is 296 g/mol. The third kappa shape index (κ3) is 3.61. The summed E-state index contributed by atoms with van der Waals surface area (Å²) in [5.74, 6) is -0.559. The van der Waals surface area contributed by atoms with Crippen molar-refractivity contribution in [3.8, 4) is 10.6 Å². The van der Waals surface area contributed by atoms with Gasteiger partial charge in [-0.25, -0.2) is 13.8 Å². The maximum Gasteiger partial charge on any atom is 0.136 e. The minimum absolute atomic E-state index is 0.356. The van der Waals surface area contributed by atoms with E-state index < -0.39 is 11.6 Å².